The predicted molar refractivity (Wildman–Crippen MR) is 124 cm³/mol. The molecule has 5 rings (SSSR count). The number of piperidine rings is 1. The minimum Gasteiger partial charge on any atom is -0.505 e. The molecule has 1 aliphatic heterocycles. The zero-order valence-corrected chi connectivity index (χ0v) is 18.2. The number of hydrogen-bond donors (Lipinski definition) is 1. The van der Waals surface area contributed by atoms with Crippen molar-refractivity contribution in [2.45, 2.75) is 19.3 Å². The van der Waals surface area contributed by atoms with Crippen molar-refractivity contribution < 1.29 is 9.90 Å². The lowest BCUT2D eigenvalue weighted by atomic mass is 10.0. The smallest absolute Gasteiger partial charge is 0.257 e. The van der Waals surface area contributed by atoms with E-state index in [9.17, 15) is 9.90 Å². The molecule has 0 saturated carbocycles. The number of rotatable bonds is 4. The number of fused-ring (bicyclic) bond motifs is 1. The number of phenolic OH excluding ortho intramolecular Hbond substituents is 1. The van der Waals surface area contributed by atoms with Crippen LogP contribution < -0.4 is 0 Å². The van der Waals surface area contributed by atoms with Gasteiger partial charge in [0, 0.05) is 37.9 Å². The van der Waals surface area contributed by atoms with Crippen LogP contribution in [0.5, 0.6) is 5.75 Å². The number of nitrogens with zero attached hydrogens (tertiary/aromatic N) is 7. The molecule has 1 saturated heterocycles. The topological polar surface area (TPSA) is 109 Å². The lowest BCUT2D eigenvalue weighted by molar-refractivity contribution is 0.0721. The zero-order valence-electron chi connectivity index (χ0n) is 18.2. The Morgan fingerprint density at radius 1 is 1.03 bits per heavy atom. The summed E-state index contributed by atoms with van der Waals surface area (Å²) in [6.07, 6.45) is 7.97. The van der Waals surface area contributed by atoms with Gasteiger partial charge >= 0.3 is 0 Å². The second-order valence-electron chi connectivity index (χ2n) is 7.97. The lowest BCUT2D eigenvalue weighted by Gasteiger charge is -2.27. The van der Waals surface area contributed by atoms with Gasteiger partial charge in [0.1, 0.15) is 5.69 Å². The molecule has 1 aliphatic rings. The summed E-state index contributed by atoms with van der Waals surface area (Å²) in [7, 11) is 1.75. The first-order chi connectivity index (χ1) is 16.1. The summed E-state index contributed by atoms with van der Waals surface area (Å²) in [4.78, 5) is 23.5. The van der Waals surface area contributed by atoms with Gasteiger partial charge in [0.05, 0.1) is 17.3 Å². The van der Waals surface area contributed by atoms with Crippen molar-refractivity contribution in [2.75, 3.05) is 13.1 Å². The quantitative estimate of drug-likeness (QED) is 0.459. The van der Waals surface area contributed by atoms with Gasteiger partial charge in [-0.05, 0) is 36.8 Å². The van der Waals surface area contributed by atoms with E-state index < -0.39 is 0 Å². The Hall–Kier alpha value is -4.14. The van der Waals surface area contributed by atoms with Crippen LogP contribution in [-0.4, -0.2) is 48.8 Å². The molecule has 33 heavy (non-hydrogen) atoms. The number of aryl methyl sites for hydroxylation is 1. The van der Waals surface area contributed by atoms with Crippen molar-refractivity contribution in [3.63, 3.8) is 0 Å². The van der Waals surface area contributed by atoms with Crippen LogP contribution in [-0.2, 0) is 7.05 Å². The third-order valence-electron chi connectivity index (χ3n) is 5.83. The Morgan fingerprint density at radius 2 is 1.79 bits per heavy atom. The summed E-state index contributed by atoms with van der Waals surface area (Å²) in [5, 5.41) is 25.7. The first-order valence-corrected chi connectivity index (χ1v) is 10.9. The molecule has 1 amide bonds. The van der Waals surface area contributed by atoms with E-state index in [1.807, 2.05) is 24.3 Å². The molecule has 2 aromatic heterocycles. The number of azo groups is 1. The molecule has 0 atom stereocenters. The van der Waals surface area contributed by atoms with Crippen LogP contribution in [0.4, 0.5) is 11.5 Å². The molecule has 2 aromatic carbocycles. The zero-order chi connectivity index (χ0) is 22.8. The van der Waals surface area contributed by atoms with Crippen LogP contribution in [0.25, 0.3) is 22.2 Å². The number of hydrogen-bond acceptors (Lipinski definition) is 7. The van der Waals surface area contributed by atoms with E-state index in [1.165, 1.54) is 0 Å². The van der Waals surface area contributed by atoms with Gasteiger partial charge in [-0.15, -0.1) is 10.2 Å². The fourth-order valence-electron chi connectivity index (χ4n) is 4.09. The number of phenols is 1. The number of likely N-dealkylation sites (tertiary alicyclic amines) is 1. The Morgan fingerprint density at radius 3 is 2.58 bits per heavy atom. The summed E-state index contributed by atoms with van der Waals surface area (Å²) in [5.74, 6) is 0.557. The highest BCUT2D eigenvalue weighted by atomic mass is 16.3. The minimum absolute atomic E-state index is 0.173. The lowest BCUT2D eigenvalue weighted by Crippen LogP contribution is -2.35. The van der Waals surface area contributed by atoms with Gasteiger partial charge in [-0.1, -0.05) is 24.3 Å². The highest BCUT2D eigenvalue weighted by molar-refractivity contribution is 6.06. The molecule has 3 heterocycles. The molecule has 0 unspecified atom stereocenters. The molecule has 9 nitrogen and oxygen atoms in total. The number of benzene rings is 2. The van der Waals surface area contributed by atoms with Gasteiger partial charge in [-0.25, -0.2) is 14.6 Å². The molecule has 4 aromatic rings. The van der Waals surface area contributed by atoms with Gasteiger partial charge in [0.25, 0.3) is 5.91 Å². The molecule has 1 fully saturated rings. The SMILES string of the molecule is Cn1ncc(-c2ncccn2)c1/N=N/c1c(O)c(C(=O)N2CCCCC2)cc2ccccc12. The predicted octanol–water partition coefficient (Wildman–Crippen LogP) is 4.78. The molecule has 0 aliphatic carbocycles. The highest BCUT2D eigenvalue weighted by Gasteiger charge is 2.24. The Labute approximate surface area is 190 Å². The summed E-state index contributed by atoms with van der Waals surface area (Å²) in [6.45, 7) is 1.38. The van der Waals surface area contributed by atoms with Crippen molar-refractivity contribution >= 4 is 28.2 Å². The summed E-state index contributed by atoms with van der Waals surface area (Å²) in [6, 6.07) is 11.0. The van der Waals surface area contributed by atoms with Gasteiger partial charge in [-0.2, -0.15) is 5.10 Å². The van der Waals surface area contributed by atoms with Gasteiger partial charge in [-0.3, -0.25) is 4.79 Å². The maximum atomic E-state index is 13.2. The standard InChI is InChI=1S/C24H23N7O2/c1-30-23(19(15-27-30)22-25-10-7-11-26-22)29-28-20-17-9-4-3-8-16(17)14-18(21(20)32)24(33)31-12-5-2-6-13-31/h3-4,7-11,14-15,32H,2,5-6,12-13H2,1H3/b29-28+. The van der Waals surface area contributed by atoms with E-state index in [2.05, 4.69) is 25.3 Å². The third-order valence-corrected chi connectivity index (χ3v) is 5.83. The Balaban J connectivity index is 1.60. The van der Waals surface area contributed by atoms with E-state index in [-0.39, 0.29) is 22.9 Å². The summed E-state index contributed by atoms with van der Waals surface area (Å²) < 4.78 is 1.57. The number of amides is 1. The monoisotopic (exact) mass is 441 g/mol. The van der Waals surface area contributed by atoms with Crippen LogP contribution in [0.15, 0.2) is 65.2 Å². The number of aromatic nitrogens is 4. The first-order valence-electron chi connectivity index (χ1n) is 10.9. The van der Waals surface area contributed by atoms with Gasteiger partial charge in [0.2, 0.25) is 0 Å². The Kier molecular flexibility index (Phi) is 5.52. The van der Waals surface area contributed by atoms with Crippen molar-refractivity contribution in [2.24, 2.45) is 17.3 Å². The van der Waals surface area contributed by atoms with E-state index >= 15 is 0 Å². The summed E-state index contributed by atoms with van der Waals surface area (Å²) in [5.41, 5.74) is 1.10. The van der Waals surface area contributed by atoms with Crippen LogP contribution in [0, 0.1) is 0 Å². The maximum Gasteiger partial charge on any atom is 0.257 e. The largest absolute Gasteiger partial charge is 0.505 e. The van der Waals surface area contributed by atoms with E-state index in [0.29, 0.717) is 35.7 Å². The molecular weight excluding hydrogens is 418 g/mol. The minimum atomic E-state index is -0.187. The van der Waals surface area contributed by atoms with Crippen molar-refractivity contribution in [1.29, 1.82) is 0 Å². The summed E-state index contributed by atoms with van der Waals surface area (Å²) >= 11 is 0. The second kappa shape index (κ2) is 8.78. The van der Waals surface area contributed by atoms with Gasteiger partial charge in [0.15, 0.2) is 17.4 Å². The third kappa shape index (κ3) is 3.93. The normalized spacial score (nSPS) is 14.3. The van der Waals surface area contributed by atoms with Gasteiger partial charge < -0.3 is 10.0 Å². The second-order valence-corrected chi connectivity index (χ2v) is 7.97. The Bertz CT molecular complexity index is 1340. The fourth-order valence-corrected chi connectivity index (χ4v) is 4.09. The van der Waals surface area contributed by atoms with E-state index in [4.69, 9.17) is 0 Å². The van der Waals surface area contributed by atoms with Crippen LogP contribution >= 0.6 is 0 Å². The fraction of sp³-hybridized carbons (Fsp3) is 0.250. The molecule has 9 heteroatoms. The van der Waals surface area contributed by atoms with Crippen LogP contribution in [0.2, 0.25) is 0 Å². The number of carbonyl (C=O) groups excluding carboxylic acids is 1. The number of carbonyl (C=O) groups is 1. The van der Waals surface area contributed by atoms with Crippen molar-refractivity contribution in [1.82, 2.24) is 24.6 Å². The molecule has 1 N–H and O–H groups in total. The molecular formula is C24H23N7O2. The van der Waals surface area contributed by atoms with Crippen LogP contribution in [0.3, 0.4) is 0 Å². The number of aromatic hydroxyl groups is 1. The highest BCUT2D eigenvalue weighted by Crippen LogP contribution is 2.40. The van der Waals surface area contributed by atoms with Crippen molar-refractivity contribution in [3.8, 4) is 17.1 Å². The molecule has 0 bridgehead atoms. The van der Waals surface area contributed by atoms with E-state index in [1.54, 1.807) is 47.4 Å². The maximum absolute atomic E-state index is 13.2. The molecule has 0 radical (unpaired) electrons. The molecule has 0 spiro atoms. The first kappa shape index (κ1) is 20.7. The average Bonchev–Trinajstić information content (AvgIpc) is 3.24. The van der Waals surface area contributed by atoms with Crippen LogP contribution in [0.1, 0.15) is 29.6 Å². The van der Waals surface area contributed by atoms with Crippen molar-refractivity contribution in [3.05, 3.63) is 60.6 Å². The molecule has 166 valence electrons. The van der Waals surface area contributed by atoms with E-state index in [0.717, 1.165) is 24.6 Å². The average molecular weight is 441 g/mol.